The second-order valence-electron chi connectivity index (χ2n) is 15.7. The fourth-order valence-electron chi connectivity index (χ4n) is 6.46. The molecule has 0 saturated heterocycles. The number of carbonyl (C=O) groups is 3. The summed E-state index contributed by atoms with van der Waals surface area (Å²) in [5.41, 5.74) is 0. The summed E-state index contributed by atoms with van der Waals surface area (Å²) in [5, 5.41) is 0. The first-order chi connectivity index (χ1) is 28.5. The molecule has 0 N–H and O–H groups in total. The Labute approximate surface area is 357 Å². The molecule has 1 unspecified atom stereocenters. The molecule has 0 aliphatic rings. The van der Waals surface area contributed by atoms with Crippen molar-refractivity contribution in [2.24, 2.45) is 0 Å². The van der Waals surface area contributed by atoms with E-state index in [4.69, 9.17) is 14.2 Å². The van der Waals surface area contributed by atoms with E-state index >= 15 is 0 Å². The number of carbonyl (C=O) groups excluding carboxylic acids is 3. The van der Waals surface area contributed by atoms with Crippen molar-refractivity contribution in [3.05, 3.63) is 72.9 Å². The number of hydrogen-bond donors (Lipinski definition) is 0. The van der Waals surface area contributed by atoms with Gasteiger partial charge in [0.2, 0.25) is 0 Å². The highest BCUT2D eigenvalue weighted by Gasteiger charge is 2.19. The van der Waals surface area contributed by atoms with E-state index in [1.54, 1.807) is 0 Å². The first-order valence-electron chi connectivity index (χ1n) is 24.0. The van der Waals surface area contributed by atoms with Crippen LogP contribution in [0.5, 0.6) is 0 Å². The van der Waals surface area contributed by atoms with Crippen LogP contribution >= 0.6 is 0 Å². The third-order valence-electron chi connectivity index (χ3n) is 10.0. The number of rotatable bonds is 42. The first kappa shape index (κ1) is 54.9. The lowest BCUT2D eigenvalue weighted by Crippen LogP contribution is -2.30. The molecule has 0 aromatic carbocycles. The molecule has 0 radical (unpaired) electrons. The van der Waals surface area contributed by atoms with Crippen LogP contribution in [-0.4, -0.2) is 37.2 Å². The third kappa shape index (κ3) is 44.0. The summed E-state index contributed by atoms with van der Waals surface area (Å²) < 4.78 is 16.7. The van der Waals surface area contributed by atoms with E-state index in [1.807, 2.05) is 0 Å². The zero-order valence-corrected chi connectivity index (χ0v) is 37.8. The van der Waals surface area contributed by atoms with Crippen molar-refractivity contribution in [3.63, 3.8) is 0 Å². The Morgan fingerprint density at radius 1 is 0.379 bits per heavy atom. The van der Waals surface area contributed by atoms with Crippen molar-refractivity contribution in [1.82, 2.24) is 0 Å². The summed E-state index contributed by atoms with van der Waals surface area (Å²) in [7, 11) is 0. The highest BCUT2D eigenvalue weighted by Crippen LogP contribution is 2.14. The van der Waals surface area contributed by atoms with Gasteiger partial charge in [-0.2, -0.15) is 0 Å². The average molecular weight is 809 g/mol. The van der Waals surface area contributed by atoms with Crippen LogP contribution in [0.3, 0.4) is 0 Å². The lowest BCUT2D eigenvalue weighted by atomic mass is 10.1. The second kappa shape index (κ2) is 46.5. The van der Waals surface area contributed by atoms with Gasteiger partial charge in [0.25, 0.3) is 0 Å². The van der Waals surface area contributed by atoms with Gasteiger partial charge < -0.3 is 14.2 Å². The van der Waals surface area contributed by atoms with Crippen LogP contribution in [0, 0.1) is 0 Å². The fourth-order valence-corrected chi connectivity index (χ4v) is 6.46. The molecule has 1 atom stereocenters. The lowest BCUT2D eigenvalue weighted by molar-refractivity contribution is -0.167. The Bertz CT molecular complexity index is 1110. The van der Waals surface area contributed by atoms with Crippen LogP contribution in [0.1, 0.15) is 220 Å². The molecule has 0 saturated carbocycles. The van der Waals surface area contributed by atoms with Crippen LogP contribution in [0.4, 0.5) is 0 Å². The molecule has 0 heterocycles. The highest BCUT2D eigenvalue weighted by atomic mass is 16.6. The van der Waals surface area contributed by atoms with Crippen molar-refractivity contribution in [2.45, 2.75) is 226 Å². The van der Waals surface area contributed by atoms with Crippen LogP contribution in [0.25, 0.3) is 0 Å². The van der Waals surface area contributed by atoms with E-state index < -0.39 is 6.10 Å². The Balaban J connectivity index is 4.38. The maximum Gasteiger partial charge on any atom is 0.306 e. The number of hydrogen-bond acceptors (Lipinski definition) is 6. The number of esters is 3. The molecule has 0 aromatic heterocycles. The highest BCUT2D eigenvalue weighted by molar-refractivity contribution is 5.71. The first-order valence-corrected chi connectivity index (χ1v) is 24.0. The van der Waals surface area contributed by atoms with Gasteiger partial charge in [-0.15, -0.1) is 0 Å². The maximum absolute atomic E-state index is 12.7. The maximum atomic E-state index is 12.7. The molecular formula is C52H88O6. The van der Waals surface area contributed by atoms with Crippen molar-refractivity contribution in [2.75, 3.05) is 13.2 Å². The summed E-state index contributed by atoms with van der Waals surface area (Å²) in [4.78, 5) is 37.8. The van der Waals surface area contributed by atoms with Gasteiger partial charge in [0.1, 0.15) is 13.2 Å². The van der Waals surface area contributed by atoms with E-state index in [2.05, 4.69) is 93.7 Å². The van der Waals surface area contributed by atoms with Gasteiger partial charge in [-0.1, -0.05) is 203 Å². The Morgan fingerprint density at radius 2 is 0.759 bits per heavy atom. The molecule has 0 rings (SSSR count). The summed E-state index contributed by atoms with van der Waals surface area (Å²) in [6, 6.07) is 0. The lowest BCUT2D eigenvalue weighted by Gasteiger charge is -2.18. The molecule has 0 aliphatic heterocycles. The van der Waals surface area contributed by atoms with Gasteiger partial charge in [0.15, 0.2) is 6.10 Å². The average Bonchev–Trinajstić information content (AvgIpc) is 3.22. The van der Waals surface area contributed by atoms with Crippen LogP contribution < -0.4 is 0 Å². The zero-order valence-electron chi connectivity index (χ0n) is 37.8. The molecule has 6 nitrogen and oxygen atoms in total. The largest absolute Gasteiger partial charge is 0.462 e. The smallest absolute Gasteiger partial charge is 0.306 e. The summed E-state index contributed by atoms with van der Waals surface area (Å²) in [5.74, 6) is -0.914. The predicted octanol–water partition coefficient (Wildman–Crippen LogP) is 15.5. The monoisotopic (exact) mass is 809 g/mol. The minimum absolute atomic E-state index is 0.0841. The van der Waals surface area contributed by atoms with E-state index in [1.165, 1.54) is 83.5 Å². The quantitative estimate of drug-likeness (QED) is 0.0201. The molecule has 332 valence electrons. The number of allylic oxidation sites excluding steroid dienone is 12. The molecule has 0 bridgehead atoms. The topological polar surface area (TPSA) is 78.9 Å². The number of unbranched alkanes of at least 4 members (excludes halogenated alkanes) is 21. The minimum Gasteiger partial charge on any atom is -0.462 e. The zero-order chi connectivity index (χ0) is 42.3. The van der Waals surface area contributed by atoms with Crippen molar-refractivity contribution >= 4 is 17.9 Å². The number of ether oxygens (including phenoxy) is 3. The van der Waals surface area contributed by atoms with Gasteiger partial charge in [0, 0.05) is 19.3 Å². The molecule has 58 heavy (non-hydrogen) atoms. The van der Waals surface area contributed by atoms with Crippen molar-refractivity contribution in [3.8, 4) is 0 Å². The normalized spacial score (nSPS) is 12.7. The molecule has 0 amide bonds. The van der Waals surface area contributed by atoms with E-state index in [0.29, 0.717) is 19.3 Å². The van der Waals surface area contributed by atoms with Crippen molar-refractivity contribution in [1.29, 1.82) is 0 Å². The fraction of sp³-hybridized carbons (Fsp3) is 0.712. The second-order valence-corrected chi connectivity index (χ2v) is 15.7. The van der Waals surface area contributed by atoms with Gasteiger partial charge in [-0.25, -0.2) is 0 Å². The van der Waals surface area contributed by atoms with Crippen molar-refractivity contribution < 1.29 is 28.6 Å². The van der Waals surface area contributed by atoms with Gasteiger partial charge in [0.05, 0.1) is 0 Å². The van der Waals surface area contributed by atoms with Crippen LogP contribution in [-0.2, 0) is 28.6 Å². The standard InChI is InChI=1S/C52H88O6/c1-4-7-10-13-16-19-21-23-25-27-28-30-33-36-39-42-45-51(54)57-48-49(47-56-50(53)44-41-38-35-32-18-15-12-9-6-3)58-52(55)46-43-40-37-34-31-29-26-24-22-20-17-14-11-8-5-2/h7-8,10-11,14,16-17,19-20,22-23,25,49H,4-6,9,12-13,15,18,21,24,26-48H2,1-3H3/b10-7-,11-8-,17-14-,19-16-,22-20-,25-23-. The Hall–Kier alpha value is -3.15. The summed E-state index contributed by atoms with van der Waals surface area (Å²) in [6.45, 7) is 6.35. The Kier molecular flexibility index (Phi) is 44.0. The SMILES string of the molecule is CC\C=C/C=C\C=C/CCCCCCCCCC(=O)OC(COC(=O)CCCCCCCC/C=C\C/C=C\C/C=C\CC)COC(=O)CCCCCCCCCCC. The summed E-state index contributed by atoms with van der Waals surface area (Å²) >= 11 is 0. The van der Waals surface area contributed by atoms with Gasteiger partial charge >= 0.3 is 17.9 Å². The molecule has 6 heteroatoms. The molecular weight excluding hydrogens is 721 g/mol. The molecule has 0 spiro atoms. The van der Waals surface area contributed by atoms with Gasteiger partial charge in [-0.05, 0) is 70.6 Å². The molecule has 0 aromatic rings. The predicted molar refractivity (Wildman–Crippen MR) is 247 cm³/mol. The van der Waals surface area contributed by atoms with E-state index in [9.17, 15) is 14.4 Å². The van der Waals surface area contributed by atoms with E-state index in [0.717, 1.165) is 96.3 Å². The Morgan fingerprint density at radius 3 is 1.24 bits per heavy atom. The summed E-state index contributed by atoms with van der Waals surface area (Å²) in [6.07, 6.45) is 57.4. The van der Waals surface area contributed by atoms with E-state index in [-0.39, 0.29) is 31.1 Å². The van der Waals surface area contributed by atoms with Crippen LogP contribution in [0.15, 0.2) is 72.9 Å². The van der Waals surface area contributed by atoms with Gasteiger partial charge in [-0.3, -0.25) is 14.4 Å². The van der Waals surface area contributed by atoms with Crippen LogP contribution in [0.2, 0.25) is 0 Å². The third-order valence-corrected chi connectivity index (χ3v) is 10.0. The molecule has 0 fully saturated rings. The minimum atomic E-state index is -0.783. The molecule has 0 aliphatic carbocycles.